The third kappa shape index (κ3) is 4.00. The van der Waals surface area contributed by atoms with Crippen LogP contribution in [0.1, 0.15) is 38.5 Å². The Morgan fingerprint density at radius 1 is 1.21 bits per heavy atom. The van der Waals surface area contributed by atoms with Gasteiger partial charge in [0.15, 0.2) is 0 Å². The lowest BCUT2D eigenvalue weighted by molar-refractivity contribution is -0.117. The van der Waals surface area contributed by atoms with E-state index < -0.39 is 11.6 Å². The van der Waals surface area contributed by atoms with Gasteiger partial charge in [-0.3, -0.25) is 4.79 Å². The van der Waals surface area contributed by atoms with Crippen molar-refractivity contribution < 1.29 is 13.6 Å². The summed E-state index contributed by atoms with van der Waals surface area (Å²) in [5, 5.41) is 2.45. The third-order valence-corrected chi connectivity index (χ3v) is 4.09. The summed E-state index contributed by atoms with van der Waals surface area (Å²) in [6.07, 6.45) is 6.01. The van der Waals surface area contributed by atoms with Crippen LogP contribution >= 0.6 is 15.9 Å². The zero-order valence-corrected chi connectivity index (χ0v) is 12.1. The van der Waals surface area contributed by atoms with Crippen molar-refractivity contribution in [3.63, 3.8) is 0 Å². The molecule has 0 spiro atoms. The van der Waals surface area contributed by atoms with Crippen molar-refractivity contribution in [3.05, 3.63) is 28.2 Å². The Hall–Kier alpha value is -0.970. The molecule has 0 radical (unpaired) electrons. The Bertz CT molecular complexity index is 473. The van der Waals surface area contributed by atoms with Gasteiger partial charge >= 0.3 is 0 Å². The van der Waals surface area contributed by atoms with Crippen LogP contribution < -0.4 is 5.32 Å². The van der Waals surface area contributed by atoms with Gasteiger partial charge in [0.25, 0.3) is 0 Å². The van der Waals surface area contributed by atoms with Crippen molar-refractivity contribution in [3.8, 4) is 0 Å². The first-order chi connectivity index (χ1) is 9.06. The first-order valence-electron chi connectivity index (χ1n) is 6.50. The molecule has 5 heteroatoms. The van der Waals surface area contributed by atoms with Crippen molar-refractivity contribution >= 4 is 27.5 Å². The average molecular weight is 332 g/mol. The number of rotatable bonds is 3. The van der Waals surface area contributed by atoms with Gasteiger partial charge < -0.3 is 5.32 Å². The molecule has 0 unspecified atom stereocenters. The fourth-order valence-electron chi connectivity index (χ4n) is 2.47. The van der Waals surface area contributed by atoms with E-state index in [1.807, 2.05) is 0 Å². The van der Waals surface area contributed by atoms with Crippen LogP contribution in [0.4, 0.5) is 14.5 Å². The molecule has 19 heavy (non-hydrogen) atoms. The van der Waals surface area contributed by atoms with Crippen LogP contribution in [0.25, 0.3) is 0 Å². The van der Waals surface area contributed by atoms with E-state index in [4.69, 9.17) is 0 Å². The number of carbonyl (C=O) groups is 1. The van der Waals surface area contributed by atoms with Gasteiger partial charge in [0, 0.05) is 12.5 Å². The Morgan fingerprint density at radius 2 is 1.89 bits per heavy atom. The van der Waals surface area contributed by atoms with Gasteiger partial charge in [-0.05, 0) is 40.8 Å². The van der Waals surface area contributed by atoms with Crippen LogP contribution in [0.2, 0.25) is 0 Å². The highest BCUT2D eigenvalue weighted by Crippen LogP contribution is 2.27. The molecule has 0 heterocycles. The Balaban J connectivity index is 1.96. The summed E-state index contributed by atoms with van der Waals surface area (Å²) in [5.41, 5.74) is -0.0958. The zero-order valence-electron chi connectivity index (χ0n) is 10.5. The molecule has 1 aliphatic carbocycles. The molecule has 2 nitrogen and oxygen atoms in total. The predicted molar refractivity (Wildman–Crippen MR) is 73.9 cm³/mol. The maximum absolute atomic E-state index is 13.6. The molecule has 0 aromatic heterocycles. The summed E-state index contributed by atoms with van der Waals surface area (Å²) in [6.45, 7) is 0. The number of halogens is 3. The lowest BCUT2D eigenvalue weighted by Crippen LogP contribution is -2.19. The number of hydrogen-bond acceptors (Lipinski definition) is 1. The van der Waals surface area contributed by atoms with Crippen molar-refractivity contribution in [2.24, 2.45) is 5.92 Å². The Kier molecular flexibility index (Phi) is 4.91. The number of carbonyl (C=O) groups excluding carboxylic acids is 1. The maximum atomic E-state index is 13.6. The fraction of sp³-hybridized carbons (Fsp3) is 0.500. The van der Waals surface area contributed by atoms with Crippen LogP contribution in [0.5, 0.6) is 0 Å². The molecule has 0 aliphatic heterocycles. The van der Waals surface area contributed by atoms with Crippen molar-refractivity contribution in [1.29, 1.82) is 0 Å². The summed E-state index contributed by atoms with van der Waals surface area (Å²) in [5.74, 6) is -1.09. The number of hydrogen-bond donors (Lipinski definition) is 1. The van der Waals surface area contributed by atoms with Gasteiger partial charge in [0.1, 0.15) is 11.6 Å². The number of nitrogens with one attached hydrogen (secondary N) is 1. The molecule has 0 bridgehead atoms. The quantitative estimate of drug-likeness (QED) is 0.803. The van der Waals surface area contributed by atoms with Gasteiger partial charge in [-0.1, -0.05) is 19.3 Å². The monoisotopic (exact) mass is 331 g/mol. The molecule has 104 valence electrons. The summed E-state index contributed by atoms with van der Waals surface area (Å²) in [7, 11) is 0. The first-order valence-corrected chi connectivity index (χ1v) is 7.30. The molecular weight excluding hydrogens is 316 g/mol. The number of amides is 1. The molecule has 1 N–H and O–H groups in total. The van der Waals surface area contributed by atoms with E-state index in [2.05, 4.69) is 21.2 Å². The molecule has 2 rings (SSSR count). The second-order valence-corrected chi connectivity index (χ2v) is 5.86. The maximum Gasteiger partial charge on any atom is 0.224 e. The van der Waals surface area contributed by atoms with Crippen molar-refractivity contribution in [1.82, 2.24) is 0 Å². The van der Waals surface area contributed by atoms with Crippen LogP contribution in [0, 0.1) is 17.6 Å². The minimum atomic E-state index is -0.634. The fourth-order valence-corrected chi connectivity index (χ4v) is 2.79. The summed E-state index contributed by atoms with van der Waals surface area (Å²) in [4.78, 5) is 11.8. The van der Waals surface area contributed by atoms with Gasteiger partial charge in [-0.15, -0.1) is 0 Å². The predicted octanol–water partition coefficient (Wildman–Crippen LogP) is 4.64. The minimum absolute atomic E-state index is 0.0512. The van der Waals surface area contributed by atoms with Gasteiger partial charge in [-0.25, -0.2) is 8.78 Å². The van der Waals surface area contributed by atoms with E-state index in [0.717, 1.165) is 37.8 Å². The molecule has 0 atom stereocenters. The summed E-state index contributed by atoms with van der Waals surface area (Å²) >= 11 is 2.90. The SMILES string of the molecule is O=C(CC1CCCCC1)Nc1cc(F)c(Br)cc1F. The van der Waals surface area contributed by atoms with Crippen LogP contribution in [0.3, 0.4) is 0 Å². The molecule has 1 aliphatic rings. The van der Waals surface area contributed by atoms with Crippen LogP contribution in [-0.2, 0) is 4.79 Å². The molecule has 1 aromatic carbocycles. The Morgan fingerprint density at radius 3 is 2.58 bits per heavy atom. The smallest absolute Gasteiger partial charge is 0.224 e. The lowest BCUT2D eigenvalue weighted by atomic mass is 9.87. The largest absolute Gasteiger partial charge is 0.324 e. The van der Waals surface area contributed by atoms with Gasteiger partial charge in [0.05, 0.1) is 10.2 Å². The minimum Gasteiger partial charge on any atom is -0.324 e. The molecule has 0 saturated heterocycles. The van der Waals surface area contributed by atoms with Gasteiger partial charge in [0.2, 0.25) is 5.91 Å². The molecule has 1 amide bonds. The van der Waals surface area contributed by atoms with E-state index in [1.54, 1.807) is 0 Å². The van der Waals surface area contributed by atoms with E-state index in [-0.39, 0.29) is 16.1 Å². The molecular formula is C14H16BrF2NO. The third-order valence-electron chi connectivity index (χ3n) is 3.48. The zero-order chi connectivity index (χ0) is 13.8. The highest BCUT2D eigenvalue weighted by atomic mass is 79.9. The van der Waals surface area contributed by atoms with E-state index in [9.17, 15) is 13.6 Å². The van der Waals surface area contributed by atoms with E-state index in [0.29, 0.717) is 12.3 Å². The van der Waals surface area contributed by atoms with Crippen LogP contribution in [-0.4, -0.2) is 5.91 Å². The second kappa shape index (κ2) is 6.46. The van der Waals surface area contributed by atoms with E-state index in [1.165, 1.54) is 6.42 Å². The normalized spacial score (nSPS) is 16.4. The van der Waals surface area contributed by atoms with Crippen molar-refractivity contribution in [2.45, 2.75) is 38.5 Å². The first kappa shape index (κ1) is 14.4. The van der Waals surface area contributed by atoms with Gasteiger partial charge in [-0.2, -0.15) is 0 Å². The molecule has 1 saturated carbocycles. The Labute approximate surface area is 119 Å². The van der Waals surface area contributed by atoms with Crippen molar-refractivity contribution in [2.75, 3.05) is 5.32 Å². The summed E-state index contributed by atoms with van der Waals surface area (Å²) in [6, 6.07) is 2.02. The number of anilines is 1. The van der Waals surface area contributed by atoms with Crippen LogP contribution in [0.15, 0.2) is 16.6 Å². The summed E-state index contributed by atoms with van der Waals surface area (Å²) < 4.78 is 26.9. The topological polar surface area (TPSA) is 29.1 Å². The lowest BCUT2D eigenvalue weighted by Gasteiger charge is -2.20. The standard InChI is InChI=1S/C14H16BrF2NO/c15-10-7-12(17)13(8-11(10)16)18-14(19)6-9-4-2-1-3-5-9/h7-9H,1-6H2,(H,18,19). The highest BCUT2D eigenvalue weighted by Gasteiger charge is 2.18. The average Bonchev–Trinajstić information content (AvgIpc) is 2.37. The van der Waals surface area contributed by atoms with E-state index >= 15 is 0 Å². The molecule has 1 aromatic rings. The molecule has 1 fully saturated rings. The highest BCUT2D eigenvalue weighted by molar-refractivity contribution is 9.10. The second-order valence-electron chi connectivity index (χ2n) is 5.00. The number of benzene rings is 1.